The number of alkyl halides is 1. The number of nitrogens with one attached hydrogen (secondary N) is 4. The Bertz CT molecular complexity index is 586. The summed E-state index contributed by atoms with van der Waals surface area (Å²) in [6, 6.07) is 0.0227. The van der Waals surface area contributed by atoms with Gasteiger partial charge in [0.2, 0.25) is 0 Å². The van der Waals surface area contributed by atoms with Crippen LogP contribution in [0.4, 0.5) is 0 Å². The molecule has 32 heavy (non-hydrogen) atoms. The van der Waals surface area contributed by atoms with Crippen molar-refractivity contribution >= 4 is 11.6 Å². The smallest absolute Gasteiger partial charge is 0.142 e. The number of aliphatic hydroxyl groups excluding tert-OH is 2. The molecule has 0 spiro atoms. The molecule has 0 radical (unpaired) electrons. The summed E-state index contributed by atoms with van der Waals surface area (Å²) in [7, 11) is 2.03. The summed E-state index contributed by atoms with van der Waals surface area (Å²) in [5.41, 5.74) is 6.14. The lowest BCUT2D eigenvalue weighted by atomic mass is 9.87. The number of hydrogen-bond donors (Lipinski definition) is 7. The molecule has 0 bridgehead atoms. The van der Waals surface area contributed by atoms with Gasteiger partial charge < -0.3 is 30.9 Å². The summed E-state index contributed by atoms with van der Waals surface area (Å²) in [6.07, 6.45) is 2.95. The number of fused-ring (bicyclic) bond motifs is 1. The van der Waals surface area contributed by atoms with Crippen molar-refractivity contribution in [2.24, 2.45) is 11.7 Å². The standard InChI is InChI=1S/C21H42ClN7O3/c1-28(9-8-24-7-6-13-2-4-14(22)5-3-13)10-15-17(30)18(31)21(32-15)29-12-27-16-19(23)25-11-26-20(16)29/h13-21,24-27,30-31H,2-12,23H2,1H3/t13?,14?,15-,16?,17-,18-,19?,20?,21-/m1/s1. The van der Waals surface area contributed by atoms with E-state index < -0.39 is 24.5 Å². The van der Waals surface area contributed by atoms with Crippen molar-refractivity contribution in [3.05, 3.63) is 0 Å². The lowest BCUT2D eigenvalue weighted by Crippen LogP contribution is -2.68. The molecule has 7 atom stereocenters. The van der Waals surface area contributed by atoms with Crippen LogP contribution in [0.25, 0.3) is 0 Å². The van der Waals surface area contributed by atoms with Crippen molar-refractivity contribution in [2.75, 3.05) is 46.6 Å². The number of ether oxygens (including phenoxy) is 1. The third kappa shape index (κ3) is 5.92. The molecular formula is C21H42ClN7O3. The minimum absolute atomic E-state index is 0.0227. The molecule has 4 rings (SSSR count). The van der Waals surface area contributed by atoms with E-state index in [1.165, 1.54) is 19.3 Å². The van der Waals surface area contributed by atoms with Crippen LogP contribution in [0.2, 0.25) is 0 Å². The van der Waals surface area contributed by atoms with Gasteiger partial charge in [-0.3, -0.25) is 16.0 Å². The molecule has 1 saturated carbocycles. The molecule has 1 aliphatic carbocycles. The highest BCUT2D eigenvalue weighted by atomic mass is 35.5. The maximum Gasteiger partial charge on any atom is 0.142 e. The predicted molar refractivity (Wildman–Crippen MR) is 124 cm³/mol. The van der Waals surface area contributed by atoms with E-state index in [0.717, 1.165) is 38.4 Å². The molecular weight excluding hydrogens is 434 g/mol. The second-order valence-corrected chi connectivity index (χ2v) is 10.5. The number of likely N-dealkylation sites (N-methyl/N-ethyl adjacent to an activating group) is 1. The van der Waals surface area contributed by atoms with Crippen LogP contribution in [-0.4, -0.2) is 115 Å². The summed E-state index contributed by atoms with van der Waals surface area (Å²) in [5.74, 6) is 0.805. The van der Waals surface area contributed by atoms with E-state index in [4.69, 9.17) is 22.1 Å². The average molecular weight is 476 g/mol. The maximum atomic E-state index is 10.7. The van der Waals surface area contributed by atoms with E-state index in [-0.39, 0.29) is 18.4 Å². The van der Waals surface area contributed by atoms with Crippen LogP contribution in [-0.2, 0) is 4.74 Å². The van der Waals surface area contributed by atoms with Gasteiger partial charge in [0.05, 0.1) is 25.0 Å². The Balaban J connectivity index is 1.16. The van der Waals surface area contributed by atoms with Gasteiger partial charge in [0, 0.05) is 31.7 Å². The van der Waals surface area contributed by atoms with Crippen molar-refractivity contribution in [2.45, 2.75) is 80.4 Å². The zero-order chi connectivity index (χ0) is 22.7. The largest absolute Gasteiger partial charge is 0.387 e. The molecule has 11 heteroatoms. The first kappa shape index (κ1) is 25.0. The fourth-order valence-corrected chi connectivity index (χ4v) is 5.77. The molecule has 3 saturated heterocycles. The normalized spacial score (nSPS) is 43.1. The van der Waals surface area contributed by atoms with Crippen LogP contribution >= 0.6 is 11.6 Å². The summed E-state index contributed by atoms with van der Waals surface area (Å²) in [4.78, 5) is 4.18. The van der Waals surface area contributed by atoms with Crippen molar-refractivity contribution in [3.8, 4) is 0 Å². The lowest BCUT2D eigenvalue weighted by molar-refractivity contribution is -0.106. The van der Waals surface area contributed by atoms with Gasteiger partial charge in [0.1, 0.15) is 24.5 Å². The van der Waals surface area contributed by atoms with Crippen molar-refractivity contribution in [1.82, 2.24) is 31.1 Å². The number of nitrogens with zero attached hydrogens (tertiary/aromatic N) is 2. The van der Waals surface area contributed by atoms with Crippen molar-refractivity contribution < 1.29 is 14.9 Å². The third-order valence-electron chi connectivity index (χ3n) is 7.57. The average Bonchev–Trinajstić information content (AvgIpc) is 3.32. The summed E-state index contributed by atoms with van der Waals surface area (Å²) in [6.45, 7) is 4.50. The lowest BCUT2D eigenvalue weighted by Gasteiger charge is -2.38. The molecule has 0 amide bonds. The van der Waals surface area contributed by atoms with E-state index in [2.05, 4.69) is 26.2 Å². The number of nitrogens with two attached hydrogens (primary N) is 1. The Morgan fingerprint density at radius 3 is 2.69 bits per heavy atom. The van der Waals surface area contributed by atoms with Gasteiger partial charge >= 0.3 is 0 Å². The van der Waals surface area contributed by atoms with Crippen molar-refractivity contribution in [1.29, 1.82) is 0 Å². The van der Waals surface area contributed by atoms with E-state index in [9.17, 15) is 10.2 Å². The fraction of sp³-hybridized carbons (Fsp3) is 1.00. The highest BCUT2D eigenvalue weighted by Crippen LogP contribution is 2.30. The van der Waals surface area contributed by atoms with Gasteiger partial charge in [0.25, 0.3) is 0 Å². The third-order valence-corrected chi connectivity index (χ3v) is 8.01. The Morgan fingerprint density at radius 2 is 1.91 bits per heavy atom. The van der Waals surface area contributed by atoms with Gasteiger partial charge in [-0.2, -0.15) is 0 Å². The van der Waals surface area contributed by atoms with Crippen LogP contribution in [0, 0.1) is 5.92 Å². The van der Waals surface area contributed by atoms with Gasteiger partial charge in [-0.1, -0.05) is 0 Å². The summed E-state index contributed by atoms with van der Waals surface area (Å²) >= 11 is 6.19. The molecule has 4 fully saturated rings. The number of hydrogen-bond acceptors (Lipinski definition) is 10. The Labute approximate surface area is 196 Å². The highest BCUT2D eigenvalue weighted by Gasteiger charge is 2.51. The molecule has 186 valence electrons. The number of halogens is 1. The van der Waals surface area contributed by atoms with Gasteiger partial charge in [-0.25, -0.2) is 4.90 Å². The van der Waals surface area contributed by atoms with E-state index in [1.807, 2.05) is 11.9 Å². The van der Waals surface area contributed by atoms with Crippen LogP contribution in [0.15, 0.2) is 0 Å². The first-order chi connectivity index (χ1) is 15.4. The van der Waals surface area contributed by atoms with E-state index in [0.29, 0.717) is 25.3 Å². The van der Waals surface area contributed by atoms with Crippen LogP contribution in [0.3, 0.4) is 0 Å². The zero-order valence-electron chi connectivity index (χ0n) is 19.1. The summed E-state index contributed by atoms with van der Waals surface area (Å²) in [5, 5.41) is 35.1. The zero-order valence-corrected chi connectivity index (χ0v) is 19.9. The molecule has 0 aromatic rings. The number of aliphatic hydroxyl groups is 2. The van der Waals surface area contributed by atoms with E-state index >= 15 is 0 Å². The Hall–Kier alpha value is -0.110. The molecule has 0 aromatic heterocycles. The molecule has 8 N–H and O–H groups in total. The monoisotopic (exact) mass is 475 g/mol. The van der Waals surface area contributed by atoms with Crippen molar-refractivity contribution in [3.63, 3.8) is 0 Å². The predicted octanol–water partition coefficient (Wildman–Crippen LogP) is -1.87. The molecule has 3 aliphatic heterocycles. The maximum absolute atomic E-state index is 10.7. The van der Waals surface area contributed by atoms with Gasteiger partial charge in [0.15, 0.2) is 0 Å². The minimum atomic E-state index is -0.955. The fourth-order valence-electron chi connectivity index (χ4n) is 5.52. The van der Waals surface area contributed by atoms with Gasteiger partial charge in [-0.05, 0) is 51.6 Å². The van der Waals surface area contributed by atoms with Gasteiger partial charge in [-0.15, -0.1) is 11.6 Å². The topological polar surface area (TPSA) is 130 Å². The van der Waals surface area contributed by atoms with Crippen LogP contribution in [0.5, 0.6) is 0 Å². The highest BCUT2D eigenvalue weighted by molar-refractivity contribution is 6.20. The molecule has 3 unspecified atom stereocenters. The Kier molecular flexibility index (Phi) is 9.02. The minimum Gasteiger partial charge on any atom is -0.387 e. The van der Waals surface area contributed by atoms with Crippen LogP contribution in [0.1, 0.15) is 32.1 Å². The molecule has 0 aromatic carbocycles. The quantitative estimate of drug-likeness (QED) is 0.150. The second kappa shape index (κ2) is 11.5. The molecule has 3 heterocycles. The first-order valence-electron chi connectivity index (χ1n) is 12.2. The molecule has 10 nitrogen and oxygen atoms in total. The molecule has 4 aliphatic rings. The SMILES string of the molecule is CN(CCNCCC1CCC(Cl)CC1)C[C@H]1O[C@@H](N2CNC3C(N)NCNC32)[C@H](O)[C@@H]1O. The summed E-state index contributed by atoms with van der Waals surface area (Å²) < 4.78 is 6.15. The number of rotatable bonds is 9. The Morgan fingerprint density at radius 1 is 1.12 bits per heavy atom. The second-order valence-electron chi connectivity index (χ2n) is 9.92. The first-order valence-corrected chi connectivity index (χ1v) is 12.6. The van der Waals surface area contributed by atoms with Crippen LogP contribution < -0.4 is 27.0 Å². The van der Waals surface area contributed by atoms with E-state index in [1.54, 1.807) is 0 Å².